The van der Waals surface area contributed by atoms with Gasteiger partial charge >= 0.3 is 0 Å². The molecule has 2 rings (SSSR count). The molecule has 1 aromatic carbocycles. The smallest absolute Gasteiger partial charge is 0.251 e. The lowest BCUT2D eigenvalue weighted by Crippen LogP contribution is -2.46. The van der Waals surface area contributed by atoms with Crippen LogP contribution in [0.2, 0.25) is 0 Å². The van der Waals surface area contributed by atoms with Crippen LogP contribution in [0.15, 0.2) is 24.3 Å². The van der Waals surface area contributed by atoms with Crippen molar-refractivity contribution in [3.63, 3.8) is 0 Å². The Kier molecular flexibility index (Phi) is 6.89. The Balaban J connectivity index is 0.00000242. The molecule has 0 radical (unpaired) electrons. The van der Waals surface area contributed by atoms with Crippen molar-refractivity contribution in [1.29, 1.82) is 0 Å². The van der Waals surface area contributed by atoms with E-state index in [2.05, 4.69) is 26.1 Å². The molecule has 1 fully saturated rings. The highest BCUT2D eigenvalue weighted by Crippen LogP contribution is 2.38. The molecule has 4 heteroatoms. The minimum atomic E-state index is 0. The molecule has 1 aliphatic carbocycles. The van der Waals surface area contributed by atoms with E-state index in [4.69, 9.17) is 5.73 Å². The third kappa shape index (κ3) is 4.72. The zero-order chi connectivity index (χ0) is 15.5. The van der Waals surface area contributed by atoms with Gasteiger partial charge in [-0.15, -0.1) is 12.4 Å². The van der Waals surface area contributed by atoms with Gasteiger partial charge in [-0.3, -0.25) is 4.79 Å². The van der Waals surface area contributed by atoms with Crippen LogP contribution in [-0.4, -0.2) is 11.9 Å². The van der Waals surface area contributed by atoms with Crippen molar-refractivity contribution < 1.29 is 4.79 Å². The largest absolute Gasteiger partial charge is 0.349 e. The standard InChI is InChI=1S/C18H28N2O.ClH/c1-18(2,3)15-6-4-5-7-16(15)20-17(21)14-10-8-13(12-19)9-11-14;/h8-11,15-16H,4-7,12,19H2,1-3H3,(H,20,21);1H. The van der Waals surface area contributed by atoms with Crippen LogP contribution in [0.5, 0.6) is 0 Å². The topological polar surface area (TPSA) is 55.1 Å². The van der Waals surface area contributed by atoms with Crippen LogP contribution >= 0.6 is 12.4 Å². The summed E-state index contributed by atoms with van der Waals surface area (Å²) in [4.78, 5) is 12.4. The lowest BCUT2D eigenvalue weighted by molar-refractivity contribution is 0.0830. The third-order valence-corrected chi connectivity index (χ3v) is 4.65. The second-order valence-corrected chi connectivity index (χ2v) is 7.24. The first kappa shape index (κ1) is 19.0. The van der Waals surface area contributed by atoms with Gasteiger partial charge in [0.05, 0.1) is 0 Å². The summed E-state index contributed by atoms with van der Waals surface area (Å²) < 4.78 is 0. The molecular formula is C18H29ClN2O. The number of hydrogen-bond donors (Lipinski definition) is 2. The normalized spacial score (nSPS) is 21.8. The number of carbonyl (C=O) groups excluding carboxylic acids is 1. The zero-order valence-corrected chi connectivity index (χ0v) is 14.7. The number of nitrogens with two attached hydrogens (primary N) is 1. The first-order valence-electron chi connectivity index (χ1n) is 8.01. The van der Waals surface area contributed by atoms with Gasteiger partial charge in [-0.2, -0.15) is 0 Å². The van der Waals surface area contributed by atoms with Crippen molar-refractivity contribution in [2.24, 2.45) is 17.1 Å². The fourth-order valence-electron chi connectivity index (χ4n) is 3.38. The number of hydrogen-bond acceptors (Lipinski definition) is 2. The van der Waals surface area contributed by atoms with Gasteiger partial charge in [0.2, 0.25) is 0 Å². The van der Waals surface area contributed by atoms with Crippen molar-refractivity contribution in [1.82, 2.24) is 5.32 Å². The van der Waals surface area contributed by atoms with E-state index in [1.54, 1.807) is 0 Å². The number of rotatable bonds is 3. The predicted octanol–water partition coefficient (Wildman–Crippen LogP) is 3.90. The molecule has 22 heavy (non-hydrogen) atoms. The summed E-state index contributed by atoms with van der Waals surface area (Å²) in [5.74, 6) is 0.596. The maximum Gasteiger partial charge on any atom is 0.251 e. The summed E-state index contributed by atoms with van der Waals surface area (Å²) in [7, 11) is 0. The highest BCUT2D eigenvalue weighted by Gasteiger charge is 2.34. The predicted molar refractivity (Wildman–Crippen MR) is 94.2 cm³/mol. The van der Waals surface area contributed by atoms with Crippen molar-refractivity contribution in [2.75, 3.05) is 0 Å². The Morgan fingerprint density at radius 1 is 1.18 bits per heavy atom. The Labute approximate surface area is 140 Å². The minimum absolute atomic E-state index is 0. The van der Waals surface area contributed by atoms with E-state index in [9.17, 15) is 4.79 Å². The van der Waals surface area contributed by atoms with Crippen LogP contribution in [0.3, 0.4) is 0 Å². The van der Waals surface area contributed by atoms with Crippen LogP contribution < -0.4 is 11.1 Å². The van der Waals surface area contributed by atoms with E-state index in [0.717, 1.165) is 17.5 Å². The second kappa shape index (κ2) is 7.98. The van der Waals surface area contributed by atoms with Gasteiger partial charge < -0.3 is 11.1 Å². The average molecular weight is 325 g/mol. The van der Waals surface area contributed by atoms with Crippen LogP contribution in [-0.2, 0) is 6.54 Å². The van der Waals surface area contributed by atoms with Crippen LogP contribution in [0.4, 0.5) is 0 Å². The van der Waals surface area contributed by atoms with Gasteiger partial charge in [-0.25, -0.2) is 0 Å². The number of halogens is 1. The maximum atomic E-state index is 12.4. The van der Waals surface area contributed by atoms with Gasteiger partial charge in [-0.05, 0) is 41.9 Å². The number of carbonyl (C=O) groups is 1. The quantitative estimate of drug-likeness (QED) is 0.886. The average Bonchev–Trinajstić information content (AvgIpc) is 2.47. The highest BCUT2D eigenvalue weighted by atomic mass is 35.5. The molecule has 2 unspecified atom stereocenters. The summed E-state index contributed by atoms with van der Waals surface area (Å²) >= 11 is 0. The third-order valence-electron chi connectivity index (χ3n) is 4.65. The van der Waals surface area contributed by atoms with Crippen LogP contribution in [0.1, 0.15) is 62.4 Å². The van der Waals surface area contributed by atoms with Gasteiger partial charge in [0.25, 0.3) is 5.91 Å². The summed E-state index contributed by atoms with van der Waals surface area (Å²) in [6.07, 6.45) is 4.79. The molecule has 0 aromatic heterocycles. The Morgan fingerprint density at radius 2 is 1.77 bits per heavy atom. The molecule has 0 spiro atoms. The highest BCUT2D eigenvalue weighted by molar-refractivity contribution is 5.94. The number of benzene rings is 1. The van der Waals surface area contributed by atoms with Crippen molar-refractivity contribution in [2.45, 2.75) is 59.0 Å². The molecule has 3 N–H and O–H groups in total. The van der Waals surface area contributed by atoms with Crippen LogP contribution in [0.25, 0.3) is 0 Å². The Hall–Kier alpha value is -1.06. The first-order valence-corrected chi connectivity index (χ1v) is 8.01. The second-order valence-electron chi connectivity index (χ2n) is 7.24. The van der Waals surface area contributed by atoms with E-state index in [1.807, 2.05) is 24.3 Å². The molecule has 1 aliphatic rings. The first-order chi connectivity index (χ1) is 9.91. The Bertz CT molecular complexity index is 479. The molecule has 3 nitrogen and oxygen atoms in total. The van der Waals surface area contributed by atoms with E-state index >= 15 is 0 Å². The van der Waals surface area contributed by atoms with Crippen molar-refractivity contribution in [3.8, 4) is 0 Å². The molecule has 1 aromatic rings. The molecule has 0 bridgehead atoms. The van der Waals surface area contributed by atoms with E-state index in [0.29, 0.717) is 18.5 Å². The minimum Gasteiger partial charge on any atom is -0.349 e. The summed E-state index contributed by atoms with van der Waals surface area (Å²) in [5, 5.41) is 3.26. The number of nitrogens with one attached hydrogen (secondary N) is 1. The van der Waals surface area contributed by atoms with Crippen LogP contribution in [0, 0.1) is 11.3 Å². The van der Waals surface area contributed by atoms with Gasteiger partial charge in [0.15, 0.2) is 0 Å². The fourth-order valence-corrected chi connectivity index (χ4v) is 3.38. The van der Waals surface area contributed by atoms with Gasteiger partial charge in [-0.1, -0.05) is 45.7 Å². The molecular weight excluding hydrogens is 296 g/mol. The van der Waals surface area contributed by atoms with E-state index < -0.39 is 0 Å². The van der Waals surface area contributed by atoms with Gasteiger partial charge in [0, 0.05) is 18.2 Å². The summed E-state index contributed by atoms with van der Waals surface area (Å²) in [6, 6.07) is 7.88. The van der Waals surface area contributed by atoms with Crippen molar-refractivity contribution >= 4 is 18.3 Å². The summed E-state index contributed by atoms with van der Waals surface area (Å²) in [5.41, 5.74) is 7.61. The summed E-state index contributed by atoms with van der Waals surface area (Å²) in [6.45, 7) is 7.34. The Morgan fingerprint density at radius 3 is 2.32 bits per heavy atom. The molecule has 0 aliphatic heterocycles. The molecule has 1 saturated carbocycles. The molecule has 0 saturated heterocycles. The maximum absolute atomic E-state index is 12.4. The molecule has 0 heterocycles. The van der Waals surface area contributed by atoms with E-state index in [1.165, 1.54) is 19.3 Å². The monoisotopic (exact) mass is 324 g/mol. The van der Waals surface area contributed by atoms with Gasteiger partial charge in [0.1, 0.15) is 0 Å². The lowest BCUT2D eigenvalue weighted by atomic mass is 9.69. The van der Waals surface area contributed by atoms with E-state index in [-0.39, 0.29) is 23.7 Å². The zero-order valence-electron chi connectivity index (χ0n) is 13.9. The van der Waals surface area contributed by atoms with Crippen molar-refractivity contribution in [3.05, 3.63) is 35.4 Å². The fraction of sp³-hybridized carbons (Fsp3) is 0.611. The molecule has 124 valence electrons. The lowest BCUT2D eigenvalue weighted by Gasteiger charge is -2.40. The number of amides is 1. The molecule has 2 atom stereocenters. The molecule has 1 amide bonds. The SMILES string of the molecule is CC(C)(C)C1CCCCC1NC(=O)c1ccc(CN)cc1.Cl.